The van der Waals surface area contributed by atoms with Gasteiger partial charge in [-0.15, -0.1) is 0 Å². The van der Waals surface area contributed by atoms with Crippen molar-refractivity contribution < 1.29 is 9.84 Å². The zero-order valence-electron chi connectivity index (χ0n) is 13.2. The number of aliphatic hydroxyl groups is 1. The van der Waals surface area contributed by atoms with Crippen LogP contribution in [-0.2, 0) is 6.54 Å². The van der Waals surface area contributed by atoms with Crippen molar-refractivity contribution in [1.82, 2.24) is 5.32 Å². The topological polar surface area (TPSA) is 41.5 Å². The Morgan fingerprint density at radius 2 is 1.95 bits per heavy atom. The molecule has 118 valence electrons. The van der Waals surface area contributed by atoms with Crippen molar-refractivity contribution in [2.45, 2.75) is 64.0 Å². The molecule has 0 atom stereocenters. The smallest absolute Gasteiger partial charge is 0.119 e. The molecule has 1 aliphatic rings. The fourth-order valence-electron chi connectivity index (χ4n) is 2.97. The second kappa shape index (κ2) is 8.40. The van der Waals surface area contributed by atoms with Crippen LogP contribution in [0.2, 0.25) is 0 Å². The van der Waals surface area contributed by atoms with Crippen LogP contribution in [0.1, 0.15) is 57.4 Å². The molecular formula is C18H29NO2. The number of benzene rings is 1. The maximum Gasteiger partial charge on any atom is 0.119 e. The van der Waals surface area contributed by atoms with Gasteiger partial charge in [0.15, 0.2) is 0 Å². The SMILES string of the molecule is CCCOc1cccc(CNCC2(O)CCCCCC2)c1. The summed E-state index contributed by atoms with van der Waals surface area (Å²) < 4.78 is 5.65. The van der Waals surface area contributed by atoms with Gasteiger partial charge >= 0.3 is 0 Å². The van der Waals surface area contributed by atoms with Crippen molar-refractivity contribution in [3.63, 3.8) is 0 Å². The Hall–Kier alpha value is -1.06. The maximum atomic E-state index is 10.6. The molecule has 2 rings (SSSR count). The summed E-state index contributed by atoms with van der Waals surface area (Å²) in [5.41, 5.74) is 0.702. The second-order valence-corrected chi connectivity index (χ2v) is 6.24. The molecule has 1 fully saturated rings. The number of ether oxygens (including phenoxy) is 1. The molecule has 1 aromatic carbocycles. The van der Waals surface area contributed by atoms with Crippen LogP contribution in [0.5, 0.6) is 5.75 Å². The Balaban J connectivity index is 1.79. The van der Waals surface area contributed by atoms with Gasteiger partial charge in [0.25, 0.3) is 0 Å². The van der Waals surface area contributed by atoms with Gasteiger partial charge in [-0.2, -0.15) is 0 Å². The molecule has 0 saturated heterocycles. The second-order valence-electron chi connectivity index (χ2n) is 6.24. The molecular weight excluding hydrogens is 262 g/mol. The standard InChI is InChI=1S/C18H29NO2/c1-2-12-21-17-9-7-8-16(13-17)14-19-15-18(20)10-5-3-4-6-11-18/h7-9,13,19-20H,2-6,10-12,14-15H2,1H3. The minimum Gasteiger partial charge on any atom is -0.494 e. The quantitative estimate of drug-likeness (QED) is 0.753. The van der Waals surface area contributed by atoms with Gasteiger partial charge in [0.2, 0.25) is 0 Å². The van der Waals surface area contributed by atoms with E-state index in [9.17, 15) is 5.11 Å². The van der Waals surface area contributed by atoms with Gasteiger partial charge in [-0.1, -0.05) is 44.7 Å². The summed E-state index contributed by atoms with van der Waals surface area (Å²) in [5, 5.41) is 14.0. The maximum absolute atomic E-state index is 10.6. The average molecular weight is 291 g/mol. The number of hydrogen-bond acceptors (Lipinski definition) is 3. The molecule has 0 amide bonds. The molecule has 3 heteroatoms. The molecule has 0 aromatic heterocycles. The van der Waals surface area contributed by atoms with Crippen LogP contribution in [0, 0.1) is 0 Å². The molecule has 0 heterocycles. The largest absolute Gasteiger partial charge is 0.494 e. The summed E-state index contributed by atoms with van der Waals surface area (Å²) in [6, 6.07) is 8.21. The Labute approximate surface area is 128 Å². The summed E-state index contributed by atoms with van der Waals surface area (Å²) in [6.45, 7) is 4.34. The van der Waals surface area contributed by atoms with Crippen LogP contribution in [0.25, 0.3) is 0 Å². The molecule has 0 aliphatic heterocycles. The molecule has 21 heavy (non-hydrogen) atoms. The van der Waals surface area contributed by atoms with Gasteiger partial charge in [-0.05, 0) is 37.0 Å². The summed E-state index contributed by atoms with van der Waals surface area (Å²) in [4.78, 5) is 0. The first-order chi connectivity index (χ1) is 10.2. The van der Waals surface area contributed by atoms with E-state index >= 15 is 0 Å². The third-order valence-corrected chi connectivity index (χ3v) is 4.19. The van der Waals surface area contributed by atoms with E-state index in [1.165, 1.54) is 18.4 Å². The van der Waals surface area contributed by atoms with E-state index in [1.54, 1.807) is 0 Å². The van der Waals surface area contributed by atoms with E-state index < -0.39 is 5.60 Å². The third kappa shape index (κ3) is 5.68. The van der Waals surface area contributed by atoms with Crippen molar-refractivity contribution in [2.24, 2.45) is 0 Å². The highest BCUT2D eigenvalue weighted by Crippen LogP contribution is 2.26. The fourth-order valence-corrected chi connectivity index (χ4v) is 2.97. The summed E-state index contributed by atoms with van der Waals surface area (Å²) in [7, 11) is 0. The van der Waals surface area contributed by atoms with E-state index in [0.29, 0.717) is 6.54 Å². The van der Waals surface area contributed by atoms with Crippen LogP contribution >= 0.6 is 0 Å². The number of rotatable bonds is 7. The van der Waals surface area contributed by atoms with Crippen molar-refractivity contribution >= 4 is 0 Å². The van der Waals surface area contributed by atoms with Crippen molar-refractivity contribution in [3.8, 4) is 5.75 Å². The number of nitrogens with one attached hydrogen (secondary N) is 1. The molecule has 0 spiro atoms. The average Bonchev–Trinajstić information content (AvgIpc) is 2.71. The minimum absolute atomic E-state index is 0.507. The normalized spacial score (nSPS) is 18.2. The lowest BCUT2D eigenvalue weighted by molar-refractivity contribution is 0.0250. The highest BCUT2D eigenvalue weighted by Gasteiger charge is 2.27. The van der Waals surface area contributed by atoms with Gasteiger partial charge in [-0.25, -0.2) is 0 Å². The lowest BCUT2D eigenvalue weighted by Crippen LogP contribution is -2.39. The highest BCUT2D eigenvalue weighted by atomic mass is 16.5. The van der Waals surface area contributed by atoms with E-state index in [0.717, 1.165) is 51.0 Å². The molecule has 1 saturated carbocycles. The predicted molar refractivity (Wildman–Crippen MR) is 86.6 cm³/mol. The first kappa shape index (κ1) is 16.3. The summed E-state index contributed by atoms with van der Waals surface area (Å²) in [6.07, 6.45) is 7.71. The van der Waals surface area contributed by atoms with Crippen LogP contribution in [-0.4, -0.2) is 23.9 Å². The van der Waals surface area contributed by atoms with Crippen LogP contribution < -0.4 is 10.1 Å². The van der Waals surface area contributed by atoms with Crippen molar-refractivity contribution in [2.75, 3.05) is 13.2 Å². The van der Waals surface area contributed by atoms with Gasteiger partial charge in [0.1, 0.15) is 5.75 Å². The molecule has 1 aromatic rings. The third-order valence-electron chi connectivity index (χ3n) is 4.19. The summed E-state index contributed by atoms with van der Waals surface area (Å²) >= 11 is 0. The first-order valence-corrected chi connectivity index (χ1v) is 8.37. The van der Waals surface area contributed by atoms with Crippen LogP contribution in [0.4, 0.5) is 0 Å². The monoisotopic (exact) mass is 291 g/mol. The van der Waals surface area contributed by atoms with Crippen LogP contribution in [0.3, 0.4) is 0 Å². The predicted octanol–water partition coefficient (Wildman–Crippen LogP) is 3.65. The van der Waals surface area contributed by atoms with Gasteiger partial charge in [0.05, 0.1) is 12.2 Å². The zero-order valence-corrected chi connectivity index (χ0v) is 13.2. The summed E-state index contributed by atoms with van der Waals surface area (Å²) in [5.74, 6) is 0.935. The van der Waals surface area contributed by atoms with E-state index in [4.69, 9.17) is 4.74 Å². The molecule has 0 bridgehead atoms. The lowest BCUT2D eigenvalue weighted by atomic mass is 9.94. The van der Waals surface area contributed by atoms with E-state index in [1.807, 2.05) is 12.1 Å². The van der Waals surface area contributed by atoms with Gasteiger partial charge in [0, 0.05) is 13.1 Å². The molecule has 0 unspecified atom stereocenters. The van der Waals surface area contributed by atoms with Gasteiger partial charge in [-0.3, -0.25) is 0 Å². The molecule has 3 nitrogen and oxygen atoms in total. The Kier molecular flexibility index (Phi) is 6.52. The first-order valence-electron chi connectivity index (χ1n) is 8.37. The Morgan fingerprint density at radius 1 is 1.19 bits per heavy atom. The lowest BCUT2D eigenvalue weighted by Gasteiger charge is -2.27. The fraction of sp³-hybridized carbons (Fsp3) is 0.667. The molecule has 2 N–H and O–H groups in total. The Morgan fingerprint density at radius 3 is 2.67 bits per heavy atom. The van der Waals surface area contributed by atoms with Gasteiger partial charge < -0.3 is 15.2 Å². The molecule has 0 radical (unpaired) electrons. The highest BCUT2D eigenvalue weighted by molar-refractivity contribution is 5.28. The number of hydrogen-bond donors (Lipinski definition) is 2. The van der Waals surface area contributed by atoms with E-state index in [-0.39, 0.29) is 0 Å². The van der Waals surface area contributed by atoms with Crippen molar-refractivity contribution in [3.05, 3.63) is 29.8 Å². The van der Waals surface area contributed by atoms with Crippen molar-refractivity contribution in [1.29, 1.82) is 0 Å². The Bertz CT molecular complexity index is 411. The van der Waals surface area contributed by atoms with Crippen LogP contribution in [0.15, 0.2) is 24.3 Å². The minimum atomic E-state index is -0.507. The van der Waals surface area contributed by atoms with E-state index in [2.05, 4.69) is 24.4 Å². The molecule has 1 aliphatic carbocycles. The zero-order chi connectivity index (χ0) is 15.0.